The third kappa shape index (κ3) is 4.65. The summed E-state index contributed by atoms with van der Waals surface area (Å²) in [5.41, 5.74) is 1.28. The van der Waals surface area contributed by atoms with Crippen LogP contribution in [0.5, 0.6) is 0 Å². The van der Waals surface area contributed by atoms with Crippen LogP contribution in [0.1, 0.15) is 68.6 Å². The van der Waals surface area contributed by atoms with E-state index in [0.717, 1.165) is 31.5 Å². The van der Waals surface area contributed by atoms with Crippen molar-refractivity contribution in [1.82, 2.24) is 15.0 Å². The van der Waals surface area contributed by atoms with E-state index in [4.69, 9.17) is 4.74 Å². The number of unbranched alkanes of at least 4 members (excludes halogenated alkanes) is 4. The topological polar surface area (TPSA) is 57.0 Å². The average Bonchev–Trinajstić information content (AvgIpc) is 2.81. The van der Waals surface area contributed by atoms with Crippen LogP contribution in [0.3, 0.4) is 0 Å². The minimum atomic E-state index is -0.388. The Balaban J connectivity index is 2.61. The number of methoxy groups -OCH3 is 1. The van der Waals surface area contributed by atoms with E-state index in [1.165, 1.54) is 32.8 Å². The van der Waals surface area contributed by atoms with Crippen LogP contribution in [0.25, 0.3) is 0 Å². The second-order valence-corrected chi connectivity index (χ2v) is 4.76. The van der Waals surface area contributed by atoms with Crippen molar-refractivity contribution in [2.45, 2.75) is 65.3 Å². The highest BCUT2D eigenvalue weighted by atomic mass is 16.5. The summed E-state index contributed by atoms with van der Waals surface area (Å²) in [6.45, 7) is 5.13. The number of carbonyl (C=O) groups is 1. The molecule has 0 bridgehead atoms. The van der Waals surface area contributed by atoms with Gasteiger partial charge in [-0.05, 0) is 12.8 Å². The van der Waals surface area contributed by atoms with E-state index in [1.807, 2.05) is 4.68 Å². The van der Waals surface area contributed by atoms with E-state index in [2.05, 4.69) is 24.2 Å². The molecule has 0 spiro atoms. The normalized spacial score (nSPS) is 10.7. The third-order valence-corrected chi connectivity index (χ3v) is 3.18. The van der Waals surface area contributed by atoms with Crippen LogP contribution in [0, 0.1) is 0 Å². The molecule has 0 saturated heterocycles. The summed E-state index contributed by atoms with van der Waals surface area (Å²) in [6, 6.07) is 0. The Kier molecular flexibility index (Phi) is 7.15. The van der Waals surface area contributed by atoms with E-state index in [1.54, 1.807) is 0 Å². The molecule has 1 heterocycles. The van der Waals surface area contributed by atoms with Crippen LogP contribution >= 0.6 is 0 Å². The van der Waals surface area contributed by atoms with Crippen LogP contribution in [0.4, 0.5) is 0 Å². The monoisotopic (exact) mass is 267 g/mol. The van der Waals surface area contributed by atoms with Crippen molar-refractivity contribution in [3.05, 3.63) is 11.4 Å². The molecule has 1 rings (SSSR count). The Labute approximate surface area is 115 Å². The van der Waals surface area contributed by atoms with Crippen molar-refractivity contribution < 1.29 is 9.53 Å². The number of nitrogens with zero attached hydrogens (tertiary/aromatic N) is 3. The molecule has 1 aromatic heterocycles. The summed E-state index contributed by atoms with van der Waals surface area (Å²) in [4.78, 5) is 11.6. The molecule has 0 N–H and O–H groups in total. The first-order valence-corrected chi connectivity index (χ1v) is 7.25. The van der Waals surface area contributed by atoms with Gasteiger partial charge in [-0.3, -0.25) is 0 Å². The third-order valence-electron chi connectivity index (χ3n) is 3.18. The second-order valence-electron chi connectivity index (χ2n) is 4.76. The molecule has 0 aliphatic carbocycles. The van der Waals surface area contributed by atoms with Gasteiger partial charge in [-0.15, -0.1) is 5.10 Å². The number of aryl methyl sites for hydroxylation is 1. The molecule has 0 aromatic carbocycles. The lowest BCUT2D eigenvalue weighted by molar-refractivity contribution is 0.0592. The lowest BCUT2D eigenvalue weighted by atomic mass is 10.1. The average molecular weight is 267 g/mol. The fraction of sp³-hybridized carbons (Fsp3) is 0.786. The fourth-order valence-electron chi connectivity index (χ4n) is 2.12. The molecular formula is C14H25N3O2. The molecule has 108 valence electrons. The zero-order valence-corrected chi connectivity index (χ0v) is 12.3. The molecule has 0 fully saturated rings. The SMILES string of the molecule is CCCCCCCn1nnc(C(=O)OC)c1CCC. The first-order chi connectivity index (χ1) is 9.24. The number of esters is 1. The second kappa shape index (κ2) is 8.67. The summed E-state index contributed by atoms with van der Waals surface area (Å²) in [6.07, 6.45) is 7.86. The van der Waals surface area contributed by atoms with Gasteiger partial charge in [-0.1, -0.05) is 51.2 Å². The highest BCUT2D eigenvalue weighted by molar-refractivity contribution is 5.88. The van der Waals surface area contributed by atoms with Gasteiger partial charge < -0.3 is 4.74 Å². The van der Waals surface area contributed by atoms with Crippen LogP contribution in [-0.4, -0.2) is 28.1 Å². The van der Waals surface area contributed by atoms with Crippen LogP contribution in [0.15, 0.2) is 0 Å². The zero-order chi connectivity index (χ0) is 14.1. The number of hydrogen-bond donors (Lipinski definition) is 0. The van der Waals surface area contributed by atoms with Crippen LogP contribution in [-0.2, 0) is 17.7 Å². The van der Waals surface area contributed by atoms with Gasteiger partial charge in [0.2, 0.25) is 0 Å². The molecule has 0 aliphatic rings. The number of aromatic nitrogens is 3. The first-order valence-electron chi connectivity index (χ1n) is 7.25. The van der Waals surface area contributed by atoms with Crippen molar-refractivity contribution in [2.24, 2.45) is 0 Å². The Bertz CT molecular complexity index is 388. The summed E-state index contributed by atoms with van der Waals surface area (Å²) in [7, 11) is 1.38. The maximum Gasteiger partial charge on any atom is 0.360 e. The van der Waals surface area contributed by atoms with E-state index < -0.39 is 0 Å². The van der Waals surface area contributed by atoms with Crippen molar-refractivity contribution in [3.8, 4) is 0 Å². The van der Waals surface area contributed by atoms with Crippen molar-refractivity contribution in [1.29, 1.82) is 0 Å². The Hall–Kier alpha value is -1.39. The zero-order valence-electron chi connectivity index (χ0n) is 12.3. The highest BCUT2D eigenvalue weighted by Crippen LogP contribution is 2.12. The Morgan fingerprint density at radius 3 is 2.53 bits per heavy atom. The number of ether oxygens (including phenoxy) is 1. The standard InChI is InChI=1S/C14H25N3O2/c1-4-6-7-8-9-11-17-12(10-5-2)13(15-16-17)14(18)19-3/h4-11H2,1-3H3. The quantitative estimate of drug-likeness (QED) is 0.510. The summed E-state index contributed by atoms with van der Waals surface area (Å²) < 4.78 is 6.60. The van der Waals surface area contributed by atoms with Crippen molar-refractivity contribution in [2.75, 3.05) is 7.11 Å². The Morgan fingerprint density at radius 2 is 1.89 bits per heavy atom. The van der Waals surface area contributed by atoms with E-state index in [-0.39, 0.29) is 5.97 Å². The fourth-order valence-corrected chi connectivity index (χ4v) is 2.12. The first kappa shape index (κ1) is 15.7. The molecular weight excluding hydrogens is 242 g/mol. The maximum atomic E-state index is 11.6. The van der Waals surface area contributed by atoms with Crippen molar-refractivity contribution in [3.63, 3.8) is 0 Å². The van der Waals surface area contributed by atoms with E-state index in [9.17, 15) is 4.79 Å². The van der Waals surface area contributed by atoms with E-state index in [0.29, 0.717) is 5.69 Å². The van der Waals surface area contributed by atoms with Gasteiger partial charge in [0.25, 0.3) is 0 Å². The predicted octanol–water partition coefficient (Wildman–Crippen LogP) is 2.99. The molecule has 0 radical (unpaired) electrons. The molecule has 0 aliphatic heterocycles. The Morgan fingerprint density at radius 1 is 1.16 bits per heavy atom. The van der Waals surface area contributed by atoms with Gasteiger partial charge in [0.15, 0.2) is 5.69 Å². The largest absolute Gasteiger partial charge is 0.464 e. The van der Waals surface area contributed by atoms with Crippen LogP contribution < -0.4 is 0 Å². The van der Waals surface area contributed by atoms with Gasteiger partial charge in [0.1, 0.15) is 0 Å². The molecule has 0 amide bonds. The molecule has 19 heavy (non-hydrogen) atoms. The van der Waals surface area contributed by atoms with Gasteiger partial charge in [-0.2, -0.15) is 0 Å². The van der Waals surface area contributed by atoms with Gasteiger partial charge in [0, 0.05) is 6.54 Å². The maximum absolute atomic E-state index is 11.6. The smallest absolute Gasteiger partial charge is 0.360 e. The lowest BCUT2D eigenvalue weighted by Crippen LogP contribution is -2.10. The van der Waals surface area contributed by atoms with Gasteiger partial charge in [0.05, 0.1) is 12.8 Å². The van der Waals surface area contributed by atoms with Gasteiger partial charge in [-0.25, -0.2) is 9.48 Å². The highest BCUT2D eigenvalue weighted by Gasteiger charge is 2.19. The predicted molar refractivity (Wildman–Crippen MR) is 74.1 cm³/mol. The minimum absolute atomic E-state index is 0.373. The number of carbonyl (C=O) groups excluding carboxylic acids is 1. The summed E-state index contributed by atoms with van der Waals surface area (Å²) in [5, 5.41) is 8.05. The summed E-state index contributed by atoms with van der Waals surface area (Å²) in [5.74, 6) is -0.388. The van der Waals surface area contributed by atoms with E-state index >= 15 is 0 Å². The molecule has 1 aromatic rings. The van der Waals surface area contributed by atoms with Crippen LogP contribution in [0.2, 0.25) is 0 Å². The van der Waals surface area contributed by atoms with Gasteiger partial charge >= 0.3 is 5.97 Å². The molecule has 5 heteroatoms. The number of hydrogen-bond acceptors (Lipinski definition) is 4. The molecule has 5 nitrogen and oxygen atoms in total. The molecule has 0 atom stereocenters. The number of rotatable bonds is 9. The molecule has 0 unspecified atom stereocenters. The lowest BCUT2D eigenvalue weighted by Gasteiger charge is -2.06. The minimum Gasteiger partial charge on any atom is -0.464 e. The summed E-state index contributed by atoms with van der Waals surface area (Å²) >= 11 is 0. The molecule has 0 saturated carbocycles. The van der Waals surface area contributed by atoms with Crippen molar-refractivity contribution >= 4 is 5.97 Å².